The molecule has 3 rings (SSSR count). The van der Waals surface area contributed by atoms with Crippen molar-refractivity contribution >= 4 is 10.0 Å². The van der Waals surface area contributed by atoms with Gasteiger partial charge in [0.05, 0.1) is 23.6 Å². The zero-order valence-electron chi connectivity index (χ0n) is 13.1. The summed E-state index contributed by atoms with van der Waals surface area (Å²) < 4.78 is 39.0. The molecule has 1 saturated carbocycles. The summed E-state index contributed by atoms with van der Waals surface area (Å²) in [5.41, 5.74) is 1.05. The van der Waals surface area contributed by atoms with E-state index in [0.29, 0.717) is 24.7 Å². The van der Waals surface area contributed by atoms with E-state index < -0.39 is 10.0 Å². The van der Waals surface area contributed by atoms with E-state index in [2.05, 4.69) is 0 Å². The van der Waals surface area contributed by atoms with E-state index in [9.17, 15) is 8.42 Å². The number of morpholine rings is 1. The lowest BCUT2D eigenvalue weighted by Gasteiger charge is -2.38. The van der Waals surface area contributed by atoms with Crippen molar-refractivity contribution in [3.05, 3.63) is 29.8 Å². The highest BCUT2D eigenvalue weighted by Gasteiger charge is 2.47. The first-order valence-corrected chi connectivity index (χ1v) is 9.29. The fraction of sp³-hybridized carbons (Fsp3) is 0.625. The van der Waals surface area contributed by atoms with Crippen LogP contribution >= 0.6 is 0 Å². The van der Waals surface area contributed by atoms with Crippen molar-refractivity contribution < 1.29 is 17.9 Å². The van der Waals surface area contributed by atoms with E-state index in [0.717, 1.165) is 18.4 Å². The van der Waals surface area contributed by atoms with Crippen LogP contribution in [0, 0.1) is 6.92 Å². The third-order valence-corrected chi connectivity index (χ3v) is 6.43. The Bertz CT molecular complexity index is 614. The number of rotatable bonds is 4. The van der Waals surface area contributed by atoms with Crippen molar-refractivity contribution in [1.82, 2.24) is 4.31 Å². The first-order chi connectivity index (χ1) is 10.5. The Morgan fingerprint density at radius 1 is 1.27 bits per heavy atom. The van der Waals surface area contributed by atoms with Gasteiger partial charge in [0.2, 0.25) is 10.0 Å². The van der Waals surface area contributed by atoms with Crippen LogP contribution in [0.4, 0.5) is 0 Å². The summed E-state index contributed by atoms with van der Waals surface area (Å²) in [5.74, 6) is 0. The number of nitrogens with zero attached hydrogens (tertiary/aromatic N) is 1. The quantitative estimate of drug-likeness (QED) is 0.849. The normalized spacial score (nSPS) is 29.5. The van der Waals surface area contributed by atoms with E-state index in [1.165, 1.54) is 0 Å². The van der Waals surface area contributed by atoms with Crippen LogP contribution in [0.5, 0.6) is 0 Å². The zero-order valence-corrected chi connectivity index (χ0v) is 13.9. The Balaban J connectivity index is 1.86. The molecule has 0 unspecified atom stereocenters. The van der Waals surface area contributed by atoms with Crippen molar-refractivity contribution in [1.29, 1.82) is 0 Å². The molecule has 0 spiro atoms. The first-order valence-electron chi connectivity index (χ1n) is 7.85. The smallest absolute Gasteiger partial charge is 0.243 e. The van der Waals surface area contributed by atoms with E-state index in [1.807, 2.05) is 26.0 Å². The highest BCUT2D eigenvalue weighted by molar-refractivity contribution is 7.89. The monoisotopic (exact) mass is 325 g/mol. The molecule has 2 fully saturated rings. The molecule has 1 aromatic carbocycles. The molecule has 0 aromatic heterocycles. The molecule has 0 radical (unpaired) electrons. The zero-order chi connectivity index (χ0) is 15.7. The summed E-state index contributed by atoms with van der Waals surface area (Å²) in [6, 6.07) is 6.93. The van der Waals surface area contributed by atoms with Crippen molar-refractivity contribution in [2.24, 2.45) is 0 Å². The second-order valence-corrected chi connectivity index (χ2v) is 7.79. The number of hydrogen-bond donors (Lipinski definition) is 0. The second kappa shape index (κ2) is 6.28. The predicted molar refractivity (Wildman–Crippen MR) is 83.2 cm³/mol. The van der Waals surface area contributed by atoms with E-state index in [4.69, 9.17) is 9.47 Å². The molecule has 0 N–H and O–H groups in total. The Kier molecular flexibility index (Phi) is 4.54. The maximum atomic E-state index is 12.9. The van der Waals surface area contributed by atoms with Gasteiger partial charge in [-0.3, -0.25) is 0 Å². The molecule has 0 amide bonds. The molecule has 1 heterocycles. The Hall–Kier alpha value is -0.950. The van der Waals surface area contributed by atoms with Gasteiger partial charge in [-0.2, -0.15) is 4.31 Å². The largest absolute Gasteiger partial charge is 0.376 e. The van der Waals surface area contributed by atoms with Crippen LogP contribution in [0.25, 0.3) is 0 Å². The molecular formula is C16H23NO4S. The SMILES string of the molecule is CCO[C@H]1CC[C@H]2[C@@H]1OCCN2S(=O)(=O)c1ccc(C)cc1. The van der Waals surface area contributed by atoms with Crippen molar-refractivity contribution in [2.75, 3.05) is 19.8 Å². The van der Waals surface area contributed by atoms with Gasteiger partial charge >= 0.3 is 0 Å². The van der Waals surface area contributed by atoms with Crippen molar-refractivity contribution in [3.63, 3.8) is 0 Å². The lowest BCUT2D eigenvalue weighted by molar-refractivity contribution is -0.0938. The molecule has 0 bridgehead atoms. The molecule has 6 heteroatoms. The third-order valence-electron chi connectivity index (χ3n) is 4.49. The van der Waals surface area contributed by atoms with Gasteiger partial charge in [0.25, 0.3) is 0 Å². The summed E-state index contributed by atoms with van der Waals surface area (Å²) in [6.45, 7) is 5.37. The molecule has 1 saturated heterocycles. The minimum atomic E-state index is -3.47. The summed E-state index contributed by atoms with van der Waals surface area (Å²) in [6.07, 6.45) is 1.50. The second-order valence-electron chi connectivity index (χ2n) is 5.90. The fourth-order valence-electron chi connectivity index (χ4n) is 3.42. The first kappa shape index (κ1) is 15.9. The Labute approximate surface area is 132 Å². The standard InChI is InChI=1S/C16H23NO4S/c1-3-20-15-9-8-14-16(15)21-11-10-17(14)22(18,19)13-6-4-12(2)5-7-13/h4-7,14-16H,3,8-11H2,1-2H3/t14-,15-,16-/m0/s1. The van der Waals surface area contributed by atoms with E-state index in [1.54, 1.807) is 16.4 Å². The number of ether oxygens (including phenoxy) is 2. The van der Waals surface area contributed by atoms with Gasteiger partial charge in [-0.1, -0.05) is 17.7 Å². The topological polar surface area (TPSA) is 55.8 Å². The molecular weight excluding hydrogens is 302 g/mol. The van der Waals surface area contributed by atoms with Crippen LogP contribution in [0.2, 0.25) is 0 Å². The molecule has 2 aliphatic rings. The molecule has 5 nitrogen and oxygen atoms in total. The maximum Gasteiger partial charge on any atom is 0.243 e. The summed E-state index contributed by atoms with van der Waals surface area (Å²) >= 11 is 0. The number of fused-ring (bicyclic) bond motifs is 1. The maximum absolute atomic E-state index is 12.9. The van der Waals surface area contributed by atoms with Crippen LogP contribution in [-0.2, 0) is 19.5 Å². The van der Waals surface area contributed by atoms with Gasteiger partial charge in [0.15, 0.2) is 0 Å². The number of hydrogen-bond acceptors (Lipinski definition) is 4. The van der Waals surface area contributed by atoms with Crippen LogP contribution in [-0.4, -0.2) is 50.7 Å². The molecule has 1 aliphatic heterocycles. The predicted octanol–water partition coefficient (Wildman–Crippen LogP) is 1.95. The minimum absolute atomic E-state index is 0.00557. The summed E-state index contributed by atoms with van der Waals surface area (Å²) in [7, 11) is -3.47. The van der Waals surface area contributed by atoms with Crippen LogP contribution in [0.3, 0.4) is 0 Å². The highest BCUT2D eigenvalue weighted by Crippen LogP contribution is 2.35. The molecule has 1 aromatic rings. The average molecular weight is 325 g/mol. The van der Waals surface area contributed by atoms with Crippen molar-refractivity contribution in [2.45, 2.75) is 49.8 Å². The molecule has 1 aliphatic carbocycles. The van der Waals surface area contributed by atoms with Crippen LogP contribution in [0.1, 0.15) is 25.3 Å². The number of sulfonamides is 1. The number of aryl methyl sites for hydroxylation is 1. The number of benzene rings is 1. The fourth-order valence-corrected chi connectivity index (χ4v) is 5.07. The summed E-state index contributed by atoms with van der Waals surface area (Å²) in [4.78, 5) is 0.360. The molecule has 122 valence electrons. The van der Waals surface area contributed by atoms with Gasteiger partial charge in [-0.15, -0.1) is 0 Å². The third kappa shape index (κ3) is 2.80. The van der Waals surface area contributed by atoms with Crippen LogP contribution < -0.4 is 0 Å². The lowest BCUT2D eigenvalue weighted by Crippen LogP contribution is -2.53. The van der Waals surface area contributed by atoms with Gasteiger partial charge in [-0.25, -0.2) is 8.42 Å². The van der Waals surface area contributed by atoms with E-state index in [-0.39, 0.29) is 18.2 Å². The Morgan fingerprint density at radius 3 is 2.68 bits per heavy atom. The van der Waals surface area contributed by atoms with Gasteiger partial charge < -0.3 is 9.47 Å². The Morgan fingerprint density at radius 2 is 2.00 bits per heavy atom. The summed E-state index contributed by atoms with van der Waals surface area (Å²) in [5, 5.41) is 0. The van der Waals surface area contributed by atoms with Crippen LogP contribution in [0.15, 0.2) is 29.2 Å². The van der Waals surface area contributed by atoms with Gasteiger partial charge in [0.1, 0.15) is 6.10 Å². The minimum Gasteiger partial charge on any atom is -0.376 e. The van der Waals surface area contributed by atoms with Gasteiger partial charge in [0, 0.05) is 13.2 Å². The average Bonchev–Trinajstić information content (AvgIpc) is 2.91. The molecule has 3 atom stereocenters. The highest BCUT2D eigenvalue weighted by atomic mass is 32.2. The van der Waals surface area contributed by atoms with Gasteiger partial charge in [-0.05, 0) is 38.8 Å². The van der Waals surface area contributed by atoms with Crippen molar-refractivity contribution in [3.8, 4) is 0 Å². The molecule has 22 heavy (non-hydrogen) atoms. The lowest BCUT2D eigenvalue weighted by atomic mass is 10.1. The van der Waals surface area contributed by atoms with E-state index >= 15 is 0 Å².